The highest BCUT2D eigenvalue weighted by Gasteiger charge is 2.35. The van der Waals surface area contributed by atoms with Crippen LogP contribution in [-0.2, 0) is 12.6 Å². The number of likely N-dealkylation sites (N-methyl/N-ethyl adjacent to an activating group) is 1. The lowest BCUT2D eigenvalue weighted by Crippen LogP contribution is -2.44. The predicted octanol–water partition coefficient (Wildman–Crippen LogP) is 6.51. The highest BCUT2D eigenvalue weighted by molar-refractivity contribution is 5.90. The van der Waals surface area contributed by atoms with Crippen LogP contribution in [0.15, 0.2) is 77.6 Å². The second kappa shape index (κ2) is 12.6. The molecular formula is C31H34F3N5O2. The van der Waals surface area contributed by atoms with Gasteiger partial charge >= 0.3 is 12.2 Å². The molecule has 4 rings (SSSR count). The van der Waals surface area contributed by atoms with Gasteiger partial charge in [-0.2, -0.15) is 13.2 Å². The predicted molar refractivity (Wildman–Crippen MR) is 155 cm³/mol. The zero-order valence-corrected chi connectivity index (χ0v) is 23.6. The molecule has 1 N–H and O–H groups in total. The van der Waals surface area contributed by atoms with Gasteiger partial charge in [-0.05, 0) is 68.9 Å². The molecule has 41 heavy (non-hydrogen) atoms. The minimum absolute atomic E-state index is 0.184. The number of carbonyl (C=O) groups excluding carboxylic acids is 1. The largest absolute Gasteiger partial charge is 0.418 e. The van der Waals surface area contributed by atoms with Crippen LogP contribution in [0.3, 0.4) is 0 Å². The van der Waals surface area contributed by atoms with Gasteiger partial charge in [0, 0.05) is 13.1 Å². The molecule has 0 bridgehead atoms. The van der Waals surface area contributed by atoms with Crippen molar-refractivity contribution in [2.45, 2.75) is 38.9 Å². The minimum atomic E-state index is -4.65. The summed E-state index contributed by atoms with van der Waals surface area (Å²) in [7, 11) is 3.69. The molecule has 0 aliphatic carbocycles. The number of nitrogens with one attached hydrogen (secondary N) is 1. The topological polar surface area (TPSA) is 70.5 Å². The third kappa shape index (κ3) is 6.59. The number of halogens is 3. The molecule has 216 valence electrons. The van der Waals surface area contributed by atoms with E-state index in [0.29, 0.717) is 35.4 Å². The molecular weight excluding hydrogens is 531 g/mol. The number of nitrogens with zero attached hydrogens (tertiary/aromatic N) is 4. The van der Waals surface area contributed by atoms with E-state index in [1.807, 2.05) is 57.1 Å². The maximum Gasteiger partial charge on any atom is 0.418 e. The summed E-state index contributed by atoms with van der Waals surface area (Å²) in [6, 6.07) is 18.0. The van der Waals surface area contributed by atoms with E-state index in [-0.39, 0.29) is 17.8 Å². The number of rotatable bonds is 9. The summed E-state index contributed by atoms with van der Waals surface area (Å²) >= 11 is 0. The number of hydrogen-bond acceptors (Lipinski definition) is 4. The van der Waals surface area contributed by atoms with Gasteiger partial charge in [-0.15, -0.1) is 0 Å². The van der Waals surface area contributed by atoms with Gasteiger partial charge in [0.15, 0.2) is 0 Å². The molecule has 0 saturated carbocycles. The molecule has 0 aliphatic heterocycles. The summed E-state index contributed by atoms with van der Waals surface area (Å²) in [5.74, 6) is 0.332. The average Bonchev–Trinajstić information content (AvgIpc) is 2.95. The number of benzene rings is 3. The lowest BCUT2D eigenvalue weighted by molar-refractivity contribution is -0.136. The van der Waals surface area contributed by atoms with Gasteiger partial charge in [0.2, 0.25) is 0 Å². The van der Waals surface area contributed by atoms with Crippen LogP contribution < -0.4 is 10.9 Å². The maximum atomic E-state index is 13.9. The van der Waals surface area contributed by atoms with Crippen LogP contribution in [-0.4, -0.2) is 52.6 Å². The van der Waals surface area contributed by atoms with E-state index >= 15 is 0 Å². The Morgan fingerprint density at radius 1 is 0.951 bits per heavy atom. The van der Waals surface area contributed by atoms with E-state index in [0.717, 1.165) is 18.1 Å². The van der Waals surface area contributed by atoms with Crippen LogP contribution in [0, 0.1) is 0 Å². The number of aryl methyl sites for hydroxylation is 1. The van der Waals surface area contributed by atoms with Gasteiger partial charge in [-0.1, -0.05) is 50.2 Å². The van der Waals surface area contributed by atoms with Crippen molar-refractivity contribution in [3.63, 3.8) is 0 Å². The number of carbonyl (C=O) groups is 1. The molecule has 0 aliphatic rings. The lowest BCUT2D eigenvalue weighted by Gasteiger charge is -2.33. The van der Waals surface area contributed by atoms with Crippen molar-refractivity contribution in [2.75, 3.05) is 32.5 Å². The van der Waals surface area contributed by atoms with Crippen LogP contribution in [0.5, 0.6) is 0 Å². The Balaban J connectivity index is 1.87. The summed E-state index contributed by atoms with van der Waals surface area (Å²) in [6.07, 6.45) is -3.46. The standard InChI is InChI=1S/C31H34F3N5O2/c1-5-21-15-17-22(18-16-21)39-28(35-25-13-9-7-11-23(25)29(39)40)27(6-2)38(20-19-37(3)4)30(41)36-26-14-10-8-12-24(26)31(32,33)34/h7-18,27H,5-6,19-20H2,1-4H3,(H,36,41). The first-order valence-corrected chi connectivity index (χ1v) is 13.5. The van der Waals surface area contributed by atoms with Gasteiger partial charge < -0.3 is 15.1 Å². The first-order valence-electron chi connectivity index (χ1n) is 13.5. The Kier molecular flexibility index (Phi) is 9.12. The molecule has 2 amide bonds. The third-order valence-electron chi connectivity index (χ3n) is 6.99. The highest BCUT2D eigenvalue weighted by Crippen LogP contribution is 2.35. The van der Waals surface area contributed by atoms with Gasteiger partial charge in [-0.3, -0.25) is 9.36 Å². The van der Waals surface area contributed by atoms with Crippen LogP contribution in [0.2, 0.25) is 0 Å². The molecule has 1 aromatic heterocycles. The Hall–Kier alpha value is -4.18. The van der Waals surface area contributed by atoms with E-state index in [1.165, 1.54) is 27.7 Å². The summed E-state index contributed by atoms with van der Waals surface area (Å²) in [4.78, 5) is 35.9. The Morgan fingerprint density at radius 2 is 1.61 bits per heavy atom. The molecule has 4 aromatic rings. The third-order valence-corrected chi connectivity index (χ3v) is 6.99. The molecule has 0 radical (unpaired) electrons. The molecule has 0 saturated heterocycles. The van der Waals surface area contributed by atoms with E-state index in [1.54, 1.807) is 24.3 Å². The van der Waals surface area contributed by atoms with E-state index in [9.17, 15) is 22.8 Å². The van der Waals surface area contributed by atoms with Crippen molar-refractivity contribution in [1.82, 2.24) is 19.4 Å². The molecule has 0 fully saturated rings. The van der Waals surface area contributed by atoms with Crippen LogP contribution >= 0.6 is 0 Å². The average molecular weight is 566 g/mol. The minimum Gasteiger partial charge on any atom is -0.313 e. The quantitative estimate of drug-likeness (QED) is 0.251. The van der Waals surface area contributed by atoms with E-state index in [4.69, 9.17) is 4.98 Å². The van der Waals surface area contributed by atoms with Crippen molar-refractivity contribution in [1.29, 1.82) is 0 Å². The Bertz CT molecular complexity index is 1570. The molecule has 7 nitrogen and oxygen atoms in total. The lowest BCUT2D eigenvalue weighted by atomic mass is 10.1. The van der Waals surface area contributed by atoms with Gasteiger partial charge in [0.05, 0.1) is 33.9 Å². The van der Waals surface area contributed by atoms with Crippen LogP contribution in [0.4, 0.5) is 23.7 Å². The zero-order valence-electron chi connectivity index (χ0n) is 23.6. The number of para-hydroxylation sites is 2. The first-order chi connectivity index (χ1) is 19.5. The number of urea groups is 1. The summed E-state index contributed by atoms with van der Waals surface area (Å²) in [6.45, 7) is 4.52. The molecule has 10 heteroatoms. The smallest absolute Gasteiger partial charge is 0.313 e. The summed E-state index contributed by atoms with van der Waals surface area (Å²) in [5.41, 5.74) is 0.597. The molecule has 1 heterocycles. The van der Waals surface area contributed by atoms with Crippen molar-refractivity contribution >= 4 is 22.6 Å². The van der Waals surface area contributed by atoms with E-state index in [2.05, 4.69) is 5.32 Å². The fourth-order valence-electron chi connectivity index (χ4n) is 4.78. The fraction of sp³-hybridized carbons (Fsp3) is 0.323. The monoisotopic (exact) mass is 565 g/mol. The molecule has 1 atom stereocenters. The second-order valence-electron chi connectivity index (χ2n) is 10.0. The first kappa shape index (κ1) is 29.8. The van der Waals surface area contributed by atoms with Crippen molar-refractivity contribution in [3.8, 4) is 5.69 Å². The number of fused-ring (bicyclic) bond motifs is 1. The summed E-state index contributed by atoms with van der Waals surface area (Å²) in [5, 5.41) is 2.91. The van der Waals surface area contributed by atoms with E-state index < -0.39 is 23.8 Å². The molecule has 0 spiro atoms. The van der Waals surface area contributed by atoms with Gasteiger partial charge in [-0.25, -0.2) is 9.78 Å². The molecule has 1 unspecified atom stereocenters. The summed E-state index contributed by atoms with van der Waals surface area (Å²) < 4.78 is 42.6. The number of alkyl halides is 3. The zero-order chi connectivity index (χ0) is 29.7. The second-order valence-corrected chi connectivity index (χ2v) is 10.0. The van der Waals surface area contributed by atoms with Gasteiger partial charge in [0.25, 0.3) is 5.56 Å². The highest BCUT2D eigenvalue weighted by atomic mass is 19.4. The van der Waals surface area contributed by atoms with Gasteiger partial charge in [0.1, 0.15) is 5.82 Å². The normalized spacial score (nSPS) is 12.5. The SMILES string of the molecule is CCc1ccc(-n2c(C(CC)N(CCN(C)C)C(=O)Nc3ccccc3C(F)(F)F)nc3ccccc3c2=O)cc1. The number of aromatic nitrogens is 2. The van der Waals surface area contributed by atoms with Crippen molar-refractivity contribution < 1.29 is 18.0 Å². The maximum absolute atomic E-state index is 13.9. The van der Waals surface area contributed by atoms with Crippen LogP contribution in [0.25, 0.3) is 16.6 Å². The van der Waals surface area contributed by atoms with Crippen molar-refractivity contribution in [3.05, 3.63) is 100 Å². The number of hydrogen-bond donors (Lipinski definition) is 1. The Labute approximate surface area is 237 Å². The number of anilines is 1. The Morgan fingerprint density at radius 3 is 2.24 bits per heavy atom. The fourth-order valence-corrected chi connectivity index (χ4v) is 4.78. The van der Waals surface area contributed by atoms with Crippen LogP contribution in [0.1, 0.15) is 43.3 Å². The molecule has 3 aromatic carbocycles. The number of amides is 2. The van der Waals surface area contributed by atoms with Crippen molar-refractivity contribution in [2.24, 2.45) is 0 Å².